The Labute approximate surface area is 238 Å². The van der Waals surface area contributed by atoms with Gasteiger partial charge < -0.3 is 15.0 Å². The number of nitrogens with zero attached hydrogens (tertiary/aromatic N) is 4. The highest BCUT2D eigenvalue weighted by Gasteiger charge is 2.24. The molecular formula is C31H33N5O3S. The van der Waals surface area contributed by atoms with Crippen LogP contribution in [0, 0.1) is 5.92 Å². The van der Waals surface area contributed by atoms with E-state index in [1.165, 1.54) is 17.3 Å². The summed E-state index contributed by atoms with van der Waals surface area (Å²) in [5, 5.41) is 12.3. The molecule has 1 fully saturated rings. The van der Waals surface area contributed by atoms with Crippen molar-refractivity contribution in [3.8, 4) is 11.4 Å². The summed E-state index contributed by atoms with van der Waals surface area (Å²) in [5.41, 5.74) is 2.76. The van der Waals surface area contributed by atoms with Crippen LogP contribution in [0.25, 0.3) is 5.69 Å². The van der Waals surface area contributed by atoms with E-state index in [1.807, 2.05) is 45.9 Å². The summed E-state index contributed by atoms with van der Waals surface area (Å²) in [6, 6.07) is 27.2. The Morgan fingerprint density at radius 3 is 2.27 bits per heavy atom. The molecule has 1 aliphatic rings. The molecule has 0 atom stereocenters. The maximum atomic E-state index is 13.1. The van der Waals surface area contributed by atoms with E-state index in [0.29, 0.717) is 28.2 Å². The molecule has 4 aromatic rings. The Morgan fingerprint density at radius 1 is 0.925 bits per heavy atom. The quantitative estimate of drug-likeness (QED) is 0.283. The third-order valence-electron chi connectivity index (χ3n) is 7.13. The minimum atomic E-state index is -0.217. The Morgan fingerprint density at radius 2 is 1.60 bits per heavy atom. The smallest absolute Gasteiger partial charge is 0.251 e. The van der Waals surface area contributed by atoms with Gasteiger partial charge in [0, 0.05) is 24.3 Å². The lowest BCUT2D eigenvalue weighted by molar-refractivity contribution is -0.129. The molecule has 9 heteroatoms. The molecule has 8 nitrogen and oxygen atoms in total. The molecular weight excluding hydrogens is 522 g/mol. The van der Waals surface area contributed by atoms with Crippen molar-refractivity contribution < 1.29 is 14.3 Å². The fourth-order valence-corrected chi connectivity index (χ4v) is 5.77. The van der Waals surface area contributed by atoms with E-state index < -0.39 is 0 Å². The Hall–Kier alpha value is -4.11. The number of nitrogens with one attached hydrogen (secondary N) is 1. The molecule has 40 heavy (non-hydrogen) atoms. The molecule has 0 radical (unpaired) electrons. The van der Waals surface area contributed by atoms with Crippen LogP contribution in [0.4, 0.5) is 0 Å². The normalized spacial score (nSPS) is 13.7. The van der Waals surface area contributed by atoms with Gasteiger partial charge in [0.25, 0.3) is 5.91 Å². The van der Waals surface area contributed by atoms with Crippen molar-refractivity contribution in [2.45, 2.75) is 31.0 Å². The second-order valence-corrected chi connectivity index (χ2v) is 10.7. The van der Waals surface area contributed by atoms with Gasteiger partial charge in [0.15, 0.2) is 11.0 Å². The van der Waals surface area contributed by atoms with Gasteiger partial charge in [-0.1, -0.05) is 60.3 Å². The summed E-state index contributed by atoms with van der Waals surface area (Å²) >= 11 is 1.37. The maximum Gasteiger partial charge on any atom is 0.251 e. The van der Waals surface area contributed by atoms with E-state index in [4.69, 9.17) is 4.74 Å². The average Bonchev–Trinajstić information content (AvgIpc) is 3.42. The number of aromatic nitrogens is 3. The summed E-state index contributed by atoms with van der Waals surface area (Å²) in [4.78, 5) is 27.8. The molecule has 5 rings (SSSR count). The lowest BCUT2D eigenvalue weighted by Gasteiger charge is -2.32. The molecule has 0 saturated carbocycles. The highest BCUT2D eigenvalue weighted by atomic mass is 32.2. The number of para-hydroxylation sites is 1. The summed E-state index contributed by atoms with van der Waals surface area (Å²) in [7, 11) is 1.59. The van der Waals surface area contributed by atoms with E-state index >= 15 is 0 Å². The number of rotatable bonds is 10. The van der Waals surface area contributed by atoms with Crippen LogP contribution in [-0.2, 0) is 17.8 Å². The van der Waals surface area contributed by atoms with E-state index in [1.54, 1.807) is 31.4 Å². The highest BCUT2D eigenvalue weighted by Crippen LogP contribution is 2.25. The molecule has 1 aromatic heterocycles. The summed E-state index contributed by atoms with van der Waals surface area (Å²) in [6.07, 6.45) is 3.10. The van der Waals surface area contributed by atoms with Crippen LogP contribution in [0.2, 0.25) is 0 Å². The van der Waals surface area contributed by atoms with Crippen molar-refractivity contribution in [1.82, 2.24) is 25.0 Å². The number of thioether (sulfide) groups is 1. The molecule has 1 N–H and O–H groups in total. The standard InChI is InChI=1S/C31H33N5O3S/c1-39-27-14-12-25(13-15-27)30(38)32-21-28-33-34-31(36(28)26-10-6-3-7-11-26)40-22-29(37)35-18-16-24(17-19-35)20-23-8-4-2-5-9-23/h2-15,24H,16-22H2,1H3,(H,32,38). The molecule has 0 bridgehead atoms. The third kappa shape index (κ3) is 6.90. The van der Waals surface area contributed by atoms with Crippen molar-refractivity contribution in [2.75, 3.05) is 26.0 Å². The first-order valence-corrected chi connectivity index (χ1v) is 14.5. The zero-order valence-corrected chi connectivity index (χ0v) is 23.3. The molecule has 2 amide bonds. The second-order valence-electron chi connectivity index (χ2n) is 9.78. The van der Waals surface area contributed by atoms with Gasteiger partial charge in [-0.25, -0.2) is 0 Å². The molecule has 0 spiro atoms. The predicted octanol–water partition coefficient (Wildman–Crippen LogP) is 4.78. The Balaban J connectivity index is 1.20. The van der Waals surface area contributed by atoms with Gasteiger partial charge in [-0.3, -0.25) is 14.2 Å². The van der Waals surface area contributed by atoms with Gasteiger partial charge in [0.05, 0.1) is 19.4 Å². The third-order valence-corrected chi connectivity index (χ3v) is 8.05. The summed E-state index contributed by atoms with van der Waals surface area (Å²) in [5.74, 6) is 2.06. The topological polar surface area (TPSA) is 89.3 Å². The number of amides is 2. The molecule has 0 aliphatic carbocycles. The van der Waals surface area contributed by atoms with Gasteiger partial charge in [0.1, 0.15) is 5.75 Å². The number of ether oxygens (including phenoxy) is 1. The van der Waals surface area contributed by atoms with Crippen molar-refractivity contribution in [3.63, 3.8) is 0 Å². The highest BCUT2D eigenvalue weighted by molar-refractivity contribution is 7.99. The minimum absolute atomic E-state index is 0.111. The first-order valence-electron chi connectivity index (χ1n) is 13.5. The second kappa shape index (κ2) is 13.3. The van der Waals surface area contributed by atoms with Crippen molar-refractivity contribution in [2.24, 2.45) is 5.92 Å². The van der Waals surface area contributed by atoms with Crippen molar-refractivity contribution in [3.05, 3.63) is 102 Å². The fourth-order valence-electron chi connectivity index (χ4n) is 4.90. The number of carbonyl (C=O) groups excluding carboxylic acids is 2. The van der Waals surface area contributed by atoms with Crippen molar-refractivity contribution >= 4 is 23.6 Å². The number of hydrogen-bond acceptors (Lipinski definition) is 6. The molecule has 206 valence electrons. The van der Waals surface area contributed by atoms with Crippen LogP contribution >= 0.6 is 11.8 Å². The zero-order valence-electron chi connectivity index (χ0n) is 22.5. The molecule has 0 unspecified atom stereocenters. The maximum absolute atomic E-state index is 13.1. The van der Waals surface area contributed by atoms with E-state index in [0.717, 1.165) is 38.0 Å². The Kier molecular flexibility index (Phi) is 9.13. The summed E-state index contributed by atoms with van der Waals surface area (Å²) in [6.45, 7) is 1.76. The van der Waals surface area contributed by atoms with Gasteiger partial charge in [-0.2, -0.15) is 0 Å². The molecule has 1 saturated heterocycles. The zero-order chi connectivity index (χ0) is 27.7. The first-order chi connectivity index (χ1) is 19.6. The van der Waals surface area contributed by atoms with E-state index in [2.05, 4.69) is 39.8 Å². The number of likely N-dealkylation sites (tertiary alicyclic amines) is 1. The minimum Gasteiger partial charge on any atom is -0.497 e. The van der Waals surface area contributed by atoms with Gasteiger partial charge in [-0.15, -0.1) is 10.2 Å². The molecule has 2 heterocycles. The van der Waals surface area contributed by atoms with Gasteiger partial charge in [-0.05, 0) is 67.1 Å². The largest absolute Gasteiger partial charge is 0.497 e. The lowest BCUT2D eigenvalue weighted by atomic mass is 9.90. The van der Waals surface area contributed by atoms with E-state index in [-0.39, 0.29) is 24.1 Å². The number of carbonyl (C=O) groups is 2. The Bertz CT molecular complexity index is 1400. The van der Waals surface area contributed by atoms with Crippen LogP contribution in [0.5, 0.6) is 5.75 Å². The number of benzene rings is 3. The lowest BCUT2D eigenvalue weighted by Crippen LogP contribution is -2.39. The predicted molar refractivity (Wildman–Crippen MR) is 156 cm³/mol. The SMILES string of the molecule is COc1ccc(C(=O)NCc2nnc(SCC(=O)N3CCC(Cc4ccccc4)CC3)n2-c2ccccc2)cc1. The summed E-state index contributed by atoms with van der Waals surface area (Å²) < 4.78 is 7.07. The van der Waals surface area contributed by atoms with Gasteiger partial charge >= 0.3 is 0 Å². The van der Waals surface area contributed by atoms with E-state index in [9.17, 15) is 9.59 Å². The van der Waals surface area contributed by atoms with Crippen LogP contribution in [0.3, 0.4) is 0 Å². The average molecular weight is 556 g/mol. The number of piperidine rings is 1. The number of methoxy groups -OCH3 is 1. The van der Waals surface area contributed by atoms with Crippen molar-refractivity contribution in [1.29, 1.82) is 0 Å². The fraction of sp³-hybridized carbons (Fsp3) is 0.290. The monoisotopic (exact) mass is 555 g/mol. The van der Waals surface area contributed by atoms with Crippen LogP contribution in [-0.4, -0.2) is 57.4 Å². The van der Waals surface area contributed by atoms with Crippen LogP contribution < -0.4 is 10.1 Å². The molecule has 1 aliphatic heterocycles. The van der Waals surface area contributed by atoms with Crippen LogP contribution in [0.1, 0.15) is 34.6 Å². The van der Waals surface area contributed by atoms with Crippen LogP contribution in [0.15, 0.2) is 90.1 Å². The molecule has 3 aromatic carbocycles. The number of hydrogen-bond donors (Lipinski definition) is 1. The first kappa shape index (κ1) is 27.5. The van der Waals surface area contributed by atoms with Gasteiger partial charge in [0.2, 0.25) is 5.91 Å².